The quantitative estimate of drug-likeness (QED) is 0.701. The maximum Gasteiger partial charge on any atom is 0.127 e. The number of halogens is 1. The second kappa shape index (κ2) is 4.89. The van der Waals surface area contributed by atoms with Gasteiger partial charge in [0.2, 0.25) is 0 Å². The van der Waals surface area contributed by atoms with Crippen LogP contribution in [-0.4, -0.2) is 0 Å². The fourth-order valence-corrected chi connectivity index (χ4v) is 3.00. The number of benzene rings is 1. The Bertz CT molecular complexity index is 370. The second-order valence-electron chi connectivity index (χ2n) is 4.50. The molecular weight excluding hydrogens is 225 g/mol. The van der Waals surface area contributed by atoms with Gasteiger partial charge in [0.15, 0.2) is 0 Å². The van der Waals surface area contributed by atoms with E-state index >= 15 is 0 Å². The summed E-state index contributed by atoms with van der Waals surface area (Å²) in [5, 5.41) is 2.12. The molecule has 0 nitrogen and oxygen atoms in total. The predicted molar refractivity (Wildman–Crippen MR) is 73.3 cm³/mol. The molecule has 0 saturated heterocycles. The first-order chi connectivity index (χ1) is 6.86. The summed E-state index contributed by atoms with van der Waals surface area (Å²) < 4.78 is 13.9. The lowest BCUT2D eigenvalue weighted by atomic mass is 9.96. The lowest BCUT2D eigenvalue weighted by Crippen LogP contribution is -2.24. The summed E-state index contributed by atoms with van der Waals surface area (Å²) in [6.07, 6.45) is 0. The van der Waals surface area contributed by atoms with Crippen LogP contribution in [0.1, 0.15) is 50.7 Å². The SMILES string of the molecule is CC(C)c1cc(F)c(C(C)C)c(P)c1P. The van der Waals surface area contributed by atoms with Gasteiger partial charge >= 0.3 is 0 Å². The van der Waals surface area contributed by atoms with Crippen LogP contribution in [0.25, 0.3) is 0 Å². The van der Waals surface area contributed by atoms with E-state index in [0.717, 1.165) is 21.7 Å². The van der Waals surface area contributed by atoms with E-state index in [0.29, 0.717) is 5.92 Å². The minimum Gasteiger partial charge on any atom is -0.207 e. The molecule has 0 aromatic heterocycles. The predicted octanol–water partition coefficient (Wildman–Crippen LogP) is 3.07. The van der Waals surface area contributed by atoms with Crippen LogP contribution in [0.4, 0.5) is 4.39 Å². The van der Waals surface area contributed by atoms with E-state index in [4.69, 9.17) is 0 Å². The van der Waals surface area contributed by atoms with Gasteiger partial charge in [-0.1, -0.05) is 27.7 Å². The van der Waals surface area contributed by atoms with Crippen molar-refractivity contribution in [3.05, 3.63) is 23.0 Å². The Hall–Kier alpha value is 0.01000. The molecule has 15 heavy (non-hydrogen) atoms. The third-order valence-electron chi connectivity index (χ3n) is 2.63. The van der Waals surface area contributed by atoms with E-state index in [2.05, 4.69) is 32.3 Å². The molecule has 0 aliphatic rings. The monoisotopic (exact) mass is 244 g/mol. The molecule has 2 unspecified atom stereocenters. The van der Waals surface area contributed by atoms with Crippen molar-refractivity contribution in [1.82, 2.24) is 0 Å². The Balaban J connectivity index is 3.44. The van der Waals surface area contributed by atoms with Crippen molar-refractivity contribution in [2.45, 2.75) is 39.5 Å². The summed E-state index contributed by atoms with van der Waals surface area (Å²) in [5.41, 5.74) is 1.89. The highest BCUT2D eigenvalue weighted by atomic mass is 31.0. The molecule has 0 aliphatic heterocycles. The van der Waals surface area contributed by atoms with Crippen LogP contribution in [0.2, 0.25) is 0 Å². The van der Waals surface area contributed by atoms with Crippen LogP contribution in [0.5, 0.6) is 0 Å². The largest absolute Gasteiger partial charge is 0.207 e. The molecule has 0 radical (unpaired) electrons. The van der Waals surface area contributed by atoms with Gasteiger partial charge in [0.1, 0.15) is 5.82 Å². The molecule has 1 aromatic rings. The molecule has 0 heterocycles. The summed E-state index contributed by atoms with van der Waals surface area (Å²) in [6.45, 7) is 8.21. The van der Waals surface area contributed by atoms with Gasteiger partial charge in [-0.25, -0.2) is 4.39 Å². The van der Waals surface area contributed by atoms with E-state index < -0.39 is 0 Å². The maximum atomic E-state index is 13.9. The minimum absolute atomic E-state index is 0.0788. The standard InChI is InChI=1S/C12H19FP2/c1-6(2)8-5-9(13)10(7(3)4)12(15)11(8)14/h5-7H,14-15H2,1-4H3. The van der Waals surface area contributed by atoms with E-state index in [9.17, 15) is 4.39 Å². The molecule has 3 heteroatoms. The summed E-state index contributed by atoms with van der Waals surface area (Å²) in [4.78, 5) is 0. The zero-order valence-corrected chi connectivity index (χ0v) is 12.1. The van der Waals surface area contributed by atoms with Crippen LogP contribution in [0, 0.1) is 5.82 Å². The summed E-state index contributed by atoms with van der Waals surface area (Å²) >= 11 is 0. The average Bonchev–Trinajstić information content (AvgIpc) is 2.10. The highest BCUT2D eigenvalue weighted by molar-refractivity contribution is 7.36. The molecular formula is C12H19FP2. The Labute approximate surface area is 96.4 Å². The van der Waals surface area contributed by atoms with Crippen molar-refractivity contribution in [1.29, 1.82) is 0 Å². The fourth-order valence-electron chi connectivity index (χ4n) is 1.79. The molecule has 0 amide bonds. The first-order valence-corrected chi connectivity index (χ1v) is 6.39. The van der Waals surface area contributed by atoms with Crippen molar-refractivity contribution in [3.8, 4) is 0 Å². The van der Waals surface area contributed by atoms with E-state index in [1.807, 2.05) is 13.8 Å². The van der Waals surface area contributed by atoms with Crippen LogP contribution in [0.3, 0.4) is 0 Å². The van der Waals surface area contributed by atoms with Gasteiger partial charge in [0.05, 0.1) is 0 Å². The number of rotatable bonds is 2. The van der Waals surface area contributed by atoms with Gasteiger partial charge < -0.3 is 0 Å². The average molecular weight is 244 g/mol. The highest BCUT2D eigenvalue weighted by Gasteiger charge is 2.16. The molecule has 1 aromatic carbocycles. The van der Waals surface area contributed by atoms with Gasteiger partial charge in [-0.05, 0) is 39.6 Å². The Morgan fingerprint density at radius 3 is 1.93 bits per heavy atom. The van der Waals surface area contributed by atoms with E-state index in [1.54, 1.807) is 6.07 Å². The maximum absolute atomic E-state index is 13.9. The molecule has 0 aliphatic carbocycles. The van der Waals surface area contributed by atoms with Gasteiger partial charge in [-0.15, -0.1) is 18.5 Å². The third-order valence-corrected chi connectivity index (χ3v) is 4.23. The molecule has 0 fully saturated rings. The van der Waals surface area contributed by atoms with Crippen molar-refractivity contribution in [2.24, 2.45) is 0 Å². The zero-order valence-electron chi connectivity index (χ0n) is 9.76. The van der Waals surface area contributed by atoms with Crippen molar-refractivity contribution in [2.75, 3.05) is 0 Å². The molecule has 0 spiro atoms. The second-order valence-corrected chi connectivity index (χ2v) is 5.65. The highest BCUT2D eigenvalue weighted by Crippen LogP contribution is 2.23. The molecule has 2 atom stereocenters. The van der Waals surface area contributed by atoms with Gasteiger partial charge in [0.25, 0.3) is 0 Å². The fraction of sp³-hybridized carbons (Fsp3) is 0.500. The molecule has 0 N–H and O–H groups in total. The molecule has 1 rings (SSSR count). The van der Waals surface area contributed by atoms with Gasteiger partial charge in [0, 0.05) is 0 Å². The smallest absolute Gasteiger partial charge is 0.127 e. The number of hydrogen-bond donors (Lipinski definition) is 0. The molecule has 0 bridgehead atoms. The van der Waals surface area contributed by atoms with Crippen LogP contribution >= 0.6 is 18.5 Å². The Morgan fingerprint density at radius 1 is 1.00 bits per heavy atom. The van der Waals surface area contributed by atoms with E-state index in [-0.39, 0.29) is 11.7 Å². The topological polar surface area (TPSA) is 0 Å². The lowest BCUT2D eigenvalue weighted by Gasteiger charge is -2.18. The normalized spacial score (nSPS) is 11.5. The third kappa shape index (κ3) is 2.58. The number of hydrogen-bond acceptors (Lipinski definition) is 0. The van der Waals surface area contributed by atoms with Crippen molar-refractivity contribution in [3.63, 3.8) is 0 Å². The first-order valence-electron chi connectivity index (χ1n) is 5.23. The first kappa shape index (κ1) is 13.1. The van der Waals surface area contributed by atoms with Crippen LogP contribution in [0.15, 0.2) is 6.07 Å². The summed E-state index contributed by atoms with van der Waals surface area (Å²) in [5.74, 6) is 0.496. The van der Waals surface area contributed by atoms with Gasteiger partial charge in [-0.3, -0.25) is 0 Å². The summed E-state index contributed by atoms with van der Waals surface area (Å²) in [7, 11) is 5.39. The Morgan fingerprint density at radius 2 is 1.53 bits per heavy atom. The summed E-state index contributed by atoms with van der Waals surface area (Å²) in [6, 6.07) is 1.68. The minimum atomic E-state index is -0.0788. The van der Waals surface area contributed by atoms with E-state index in [1.165, 1.54) is 0 Å². The zero-order chi connectivity index (χ0) is 11.7. The van der Waals surface area contributed by atoms with Crippen molar-refractivity contribution < 1.29 is 4.39 Å². The van der Waals surface area contributed by atoms with Crippen LogP contribution < -0.4 is 10.6 Å². The van der Waals surface area contributed by atoms with Crippen LogP contribution in [-0.2, 0) is 0 Å². The van der Waals surface area contributed by atoms with Crippen molar-refractivity contribution >= 4 is 29.1 Å². The Kier molecular flexibility index (Phi) is 4.27. The lowest BCUT2D eigenvalue weighted by molar-refractivity contribution is 0.597. The van der Waals surface area contributed by atoms with Gasteiger partial charge in [-0.2, -0.15) is 0 Å². The molecule has 0 saturated carbocycles. The molecule has 84 valence electrons.